The molecule has 1 aromatic carbocycles. The number of hydrogen-bond acceptors (Lipinski definition) is 4. The molecule has 0 bridgehead atoms. The second kappa shape index (κ2) is 6.34. The highest BCUT2D eigenvalue weighted by molar-refractivity contribution is 7.99. The van der Waals surface area contributed by atoms with Gasteiger partial charge in [0, 0.05) is 22.6 Å². The summed E-state index contributed by atoms with van der Waals surface area (Å²) < 4.78 is 10.8. The molecule has 0 saturated carbocycles. The summed E-state index contributed by atoms with van der Waals surface area (Å²) in [4.78, 5) is 0. The lowest BCUT2D eigenvalue weighted by atomic mass is 10.1. The Morgan fingerprint density at radius 3 is 2.83 bits per heavy atom. The fourth-order valence-electron chi connectivity index (χ4n) is 2.18. The first-order chi connectivity index (χ1) is 8.74. The molecule has 100 valence electrons. The van der Waals surface area contributed by atoms with Crippen LogP contribution in [0.3, 0.4) is 0 Å². The van der Waals surface area contributed by atoms with E-state index in [1.165, 1.54) is 12.0 Å². The number of nitrogens with one attached hydrogen (secondary N) is 1. The number of thioether (sulfide) groups is 1. The van der Waals surface area contributed by atoms with Gasteiger partial charge < -0.3 is 14.8 Å². The summed E-state index contributed by atoms with van der Waals surface area (Å²) in [6.07, 6.45) is 1.22. The molecule has 0 spiro atoms. The van der Waals surface area contributed by atoms with Crippen molar-refractivity contribution in [1.29, 1.82) is 0 Å². The lowest BCUT2D eigenvalue weighted by molar-refractivity contribution is 0.392. The Balaban J connectivity index is 2.24. The van der Waals surface area contributed by atoms with Crippen molar-refractivity contribution in [2.75, 3.05) is 26.5 Å². The predicted molar refractivity (Wildman–Crippen MR) is 76.8 cm³/mol. The SMILES string of the molecule is COc1ccc(OC)c(C2CSC(C)CCN2)c1. The van der Waals surface area contributed by atoms with Gasteiger partial charge in [-0.15, -0.1) is 0 Å². The minimum Gasteiger partial charge on any atom is -0.497 e. The minimum atomic E-state index is 0.338. The Morgan fingerprint density at radius 2 is 2.11 bits per heavy atom. The number of ether oxygens (including phenoxy) is 2. The average molecular weight is 267 g/mol. The van der Waals surface area contributed by atoms with Crippen molar-refractivity contribution >= 4 is 11.8 Å². The molecule has 2 atom stereocenters. The lowest BCUT2D eigenvalue weighted by Gasteiger charge is -2.19. The third kappa shape index (κ3) is 3.12. The van der Waals surface area contributed by atoms with Crippen molar-refractivity contribution in [3.8, 4) is 11.5 Å². The zero-order valence-corrected chi connectivity index (χ0v) is 12.0. The van der Waals surface area contributed by atoms with Crippen LogP contribution in [0.5, 0.6) is 11.5 Å². The Hall–Kier alpha value is -0.870. The molecule has 0 radical (unpaired) electrons. The van der Waals surface area contributed by atoms with Crippen molar-refractivity contribution in [2.24, 2.45) is 0 Å². The standard InChI is InChI=1S/C14H21NO2S/c1-10-6-7-15-13(9-18-10)12-8-11(16-2)4-5-14(12)17-3/h4-5,8,10,13,15H,6-7,9H2,1-3H3. The summed E-state index contributed by atoms with van der Waals surface area (Å²) in [6.45, 7) is 3.34. The highest BCUT2D eigenvalue weighted by atomic mass is 32.2. The van der Waals surface area contributed by atoms with Crippen molar-refractivity contribution < 1.29 is 9.47 Å². The Morgan fingerprint density at radius 1 is 1.28 bits per heavy atom. The monoisotopic (exact) mass is 267 g/mol. The number of methoxy groups -OCH3 is 2. The van der Waals surface area contributed by atoms with Gasteiger partial charge in [0.05, 0.1) is 14.2 Å². The first kappa shape index (κ1) is 13.6. The summed E-state index contributed by atoms with van der Waals surface area (Å²) in [7, 11) is 3.42. The van der Waals surface area contributed by atoms with E-state index in [0.29, 0.717) is 6.04 Å². The third-order valence-corrected chi connectivity index (χ3v) is 4.63. The molecular weight excluding hydrogens is 246 g/mol. The fraction of sp³-hybridized carbons (Fsp3) is 0.571. The van der Waals surface area contributed by atoms with Crippen LogP contribution in [0.25, 0.3) is 0 Å². The second-order valence-electron chi connectivity index (χ2n) is 4.55. The number of hydrogen-bond donors (Lipinski definition) is 1. The Labute approximate surface area is 113 Å². The Bertz CT molecular complexity index is 397. The zero-order valence-electron chi connectivity index (χ0n) is 11.2. The predicted octanol–water partition coefficient (Wildman–Crippen LogP) is 2.86. The molecule has 1 aliphatic heterocycles. The molecule has 1 aromatic rings. The van der Waals surface area contributed by atoms with Gasteiger partial charge in [-0.05, 0) is 31.2 Å². The van der Waals surface area contributed by atoms with Crippen LogP contribution in [0, 0.1) is 0 Å². The van der Waals surface area contributed by atoms with E-state index in [9.17, 15) is 0 Å². The summed E-state index contributed by atoms with van der Waals surface area (Å²) in [5.41, 5.74) is 1.19. The van der Waals surface area contributed by atoms with Crippen molar-refractivity contribution in [3.63, 3.8) is 0 Å². The number of rotatable bonds is 3. The fourth-order valence-corrected chi connectivity index (χ4v) is 3.28. The van der Waals surface area contributed by atoms with Gasteiger partial charge in [0.15, 0.2) is 0 Å². The lowest BCUT2D eigenvalue weighted by Crippen LogP contribution is -2.23. The van der Waals surface area contributed by atoms with Crippen LogP contribution in [0.4, 0.5) is 0 Å². The van der Waals surface area contributed by atoms with E-state index < -0.39 is 0 Å². The summed E-state index contributed by atoms with van der Waals surface area (Å²) in [5, 5.41) is 4.32. The van der Waals surface area contributed by atoms with E-state index in [4.69, 9.17) is 9.47 Å². The van der Waals surface area contributed by atoms with Crippen molar-refractivity contribution in [3.05, 3.63) is 23.8 Å². The maximum absolute atomic E-state index is 5.46. The molecule has 1 heterocycles. The first-order valence-corrected chi connectivity index (χ1v) is 7.36. The molecule has 1 fully saturated rings. The highest BCUT2D eigenvalue weighted by Gasteiger charge is 2.21. The third-order valence-electron chi connectivity index (χ3n) is 3.30. The van der Waals surface area contributed by atoms with E-state index in [1.807, 2.05) is 23.9 Å². The molecule has 2 rings (SSSR count). The zero-order chi connectivity index (χ0) is 13.0. The second-order valence-corrected chi connectivity index (χ2v) is 6.02. The molecule has 1 aliphatic rings. The maximum Gasteiger partial charge on any atom is 0.123 e. The molecule has 0 aliphatic carbocycles. The van der Waals surface area contributed by atoms with Gasteiger partial charge >= 0.3 is 0 Å². The largest absolute Gasteiger partial charge is 0.497 e. The molecule has 2 unspecified atom stereocenters. The van der Waals surface area contributed by atoms with Crippen LogP contribution < -0.4 is 14.8 Å². The van der Waals surface area contributed by atoms with Gasteiger partial charge in [0.2, 0.25) is 0 Å². The van der Waals surface area contributed by atoms with Gasteiger partial charge in [0.25, 0.3) is 0 Å². The highest BCUT2D eigenvalue weighted by Crippen LogP contribution is 2.33. The molecule has 1 N–H and O–H groups in total. The van der Waals surface area contributed by atoms with Crippen LogP contribution in [0.1, 0.15) is 24.9 Å². The molecule has 1 saturated heterocycles. The Kier molecular flexibility index (Phi) is 4.78. The normalized spacial score (nSPS) is 24.4. The van der Waals surface area contributed by atoms with Gasteiger partial charge in [-0.3, -0.25) is 0 Å². The average Bonchev–Trinajstić information content (AvgIpc) is 2.62. The van der Waals surface area contributed by atoms with E-state index >= 15 is 0 Å². The van der Waals surface area contributed by atoms with E-state index in [1.54, 1.807) is 14.2 Å². The van der Waals surface area contributed by atoms with Gasteiger partial charge in [0.1, 0.15) is 11.5 Å². The topological polar surface area (TPSA) is 30.5 Å². The van der Waals surface area contributed by atoms with Gasteiger partial charge in [-0.1, -0.05) is 6.92 Å². The van der Waals surface area contributed by atoms with E-state index in [-0.39, 0.29) is 0 Å². The maximum atomic E-state index is 5.46. The van der Waals surface area contributed by atoms with Crippen LogP contribution in [0.2, 0.25) is 0 Å². The van der Waals surface area contributed by atoms with Crippen LogP contribution in [0.15, 0.2) is 18.2 Å². The van der Waals surface area contributed by atoms with Crippen LogP contribution in [-0.4, -0.2) is 31.8 Å². The van der Waals surface area contributed by atoms with E-state index in [0.717, 1.165) is 29.0 Å². The van der Waals surface area contributed by atoms with Gasteiger partial charge in [-0.2, -0.15) is 11.8 Å². The summed E-state index contributed by atoms with van der Waals surface area (Å²) >= 11 is 2.02. The number of benzene rings is 1. The molecular formula is C14H21NO2S. The van der Waals surface area contributed by atoms with Crippen molar-refractivity contribution in [2.45, 2.75) is 24.6 Å². The smallest absolute Gasteiger partial charge is 0.123 e. The minimum absolute atomic E-state index is 0.338. The van der Waals surface area contributed by atoms with Crippen LogP contribution in [-0.2, 0) is 0 Å². The van der Waals surface area contributed by atoms with Crippen LogP contribution >= 0.6 is 11.8 Å². The van der Waals surface area contributed by atoms with E-state index in [2.05, 4.69) is 18.3 Å². The first-order valence-electron chi connectivity index (χ1n) is 6.31. The molecule has 4 heteroatoms. The molecule has 3 nitrogen and oxygen atoms in total. The summed E-state index contributed by atoms with van der Waals surface area (Å²) in [5.74, 6) is 2.89. The molecule has 0 amide bonds. The molecule has 18 heavy (non-hydrogen) atoms. The van der Waals surface area contributed by atoms with Gasteiger partial charge in [-0.25, -0.2) is 0 Å². The summed E-state index contributed by atoms with van der Waals surface area (Å²) in [6, 6.07) is 6.33. The molecule has 0 aromatic heterocycles. The van der Waals surface area contributed by atoms with Crippen molar-refractivity contribution in [1.82, 2.24) is 5.32 Å². The quantitative estimate of drug-likeness (QED) is 0.912.